The molecule has 0 saturated carbocycles. The molecule has 2 aromatic rings. The summed E-state index contributed by atoms with van der Waals surface area (Å²) in [6.45, 7) is 1.34. The number of benzene rings is 2. The molecular formula is C16H17F3N2O. The summed E-state index contributed by atoms with van der Waals surface area (Å²) in [6.07, 6.45) is 0. The average molecular weight is 310 g/mol. The molecule has 0 amide bonds. The molecule has 0 aliphatic rings. The predicted molar refractivity (Wildman–Crippen MR) is 80.1 cm³/mol. The van der Waals surface area contributed by atoms with Crippen LogP contribution in [0.4, 0.5) is 24.5 Å². The first-order chi connectivity index (χ1) is 10.5. The Bertz CT molecular complexity index is 630. The van der Waals surface area contributed by atoms with Crippen LogP contribution in [0, 0.1) is 17.5 Å². The van der Waals surface area contributed by atoms with Gasteiger partial charge in [-0.15, -0.1) is 0 Å². The second-order valence-electron chi connectivity index (χ2n) is 5.02. The van der Waals surface area contributed by atoms with Crippen molar-refractivity contribution in [2.24, 2.45) is 0 Å². The van der Waals surface area contributed by atoms with Gasteiger partial charge in [0.1, 0.15) is 12.4 Å². The number of nitrogens with zero attached hydrogens (tertiary/aromatic N) is 1. The minimum atomic E-state index is -1.49. The summed E-state index contributed by atoms with van der Waals surface area (Å²) in [6, 6.07) is 8.80. The molecule has 0 bridgehead atoms. The average Bonchev–Trinajstić information content (AvgIpc) is 2.49. The molecule has 1 N–H and O–H groups in total. The topological polar surface area (TPSA) is 24.5 Å². The second-order valence-corrected chi connectivity index (χ2v) is 5.02. The Morgan fingerprint density at radius 2 is 1.64 bits per heavy atom. The van der Waals surface area contributed by atoms with Gasteiger partial charge in [-0.2, -0.15) is 0 Å². The zero-order valence-electron chi connectivity index (χ0n) is 12.4. The highest BCUT2D eigenvalue weighted by Gasteiger charge is 2.13. The first-order valence-electron chi connectivity index (χ1n) is 6.75. The number of rotatable bonds is 6. The third-order valence-electron chi connectivity index (χ3n) is 2.98. The highest BCUT2D eigenvalue weighted by atomic mass is 19.2. The lowest BCUT2D eigenvalue weighted by Crippen LogP contribution is -2.19. The number of hydrogen-bond acceptors (Lipinski definition) is 3. The van der Waals surface area contributed by atoms with Gasteiger partial charge < -0.3 is 15.0 Å². The van der Waals surface area contributed by atoms with E-state index in [0.29, 0.717) is 18.0 Å². The molecular weight excluding hydrogens is 293 g/mol. The summed E-state index contributed by atoms with van der Waals surface area (Å²) in [5, 5.41) is 2.70. The van der Waals surface area contributed by atoms with Crippen LogP contribution < -0.4 is 10.1 Å². The van der Waals surface area contributed by atoms with Crippen molar-refractivity contribution in [3.63, 3.8) is 0 Å². The van der Waals surface area contributed by atoms with Gasteiger partial charge in [0.15, 0.2) is 17.5 Å². The van der Waals surface area contributed by atoms with Gasteiger partial charge in [-0.25, -0.2) is 13.2 Å². The molecule has 0 radical (unpaired) electrons. The van der Waals surface area contributed by atoms with Crippen LogP contribution in [0.25, 0.3) is 0 Å². The Morgan fingerprint density at radius 1 is 0.955 bits per heavy atom. The molecule has 0 heterocycles. The molecule has 0 saturated heterocycles. The SMILES string of the molecule is CN(C)CCOc1ccc(Nc2ccc(F)c(F)c2F)cc1. The van der Waals surface area contributed by atoms with E-state index in [1.807, 2.05) is 19.0 Å². The number of anilines is 2. The minimum Gasteiger partial charge on any atom is -0.492 e. The zero-order valence-corrected chi connectivity index (χ0v) is 12.4. The number of nitrogens with one attached hydrogen (secondary N) is 1. The summed E-state index contributed by atoms with van der Waals surface area (Å²) in [4.78, 5) is 2.00. The van der Waals surface area contributed by atoms with E-state index in [-0.39, 0.29) is 5.69 Å². The minimum absolute atomic E-state index is 0.125. The summed E-state index contributed by atoms with van der Waals surface area (Å²) in [7, 11) is 3.90. The van der Waals surface area contributed by atoms with Crippen LogP contribution in [0.2, 0.25) is 0 Å². The molecule has 3 nitrogen and oxygen atoms in total. The highest BCUT2D eigenvalue weighted by Crippen LogP contribution is 2.24. The number of ether oxygens (including phenoxy) is 1. The molecule has 6 heteroatoms. The van der Waals surface area contributed by atoms with E-state index in [1.54, 1.807) is 24.3 Å². The first-order valence-corrected chi connectivity index (χ1v) is 6.75. The Kier molecular flexibility index (Phi) is 5.27. The highest BCUT2D eigenvalue weighted by molar-refractivity contribution is 5.61. The summed E-state index contributed by atoms with van der Waals surface area (Å²) < 4.78 is 45.1. The van der Waals surface area contributed by atoms with Gasteiger partial charge >= 0.3 is 0 Å². The van der Waals surface area contributed by atoms with Gasteiger partial charge in [-0.05, 0) is 50.5 Å². The van der Waals surface area contributed by atoms with Crippen molar-refractivity contribution < 1.29 is 17.9 Å². The maximum absolute atomic E-state index is 13.6. The fourth-order valence-electron chi connectivity index (χ4n) is 1.76. The Hall–Kier alpha value is -2.21. The van der Waals surface area contributed by atoms with Gasteiger partial charge in [-0.1, -0.05) is 0 Å². The zero-order chi connectivity index (χ0) is 16.1. The van der Waals surface area contributed by atoms with Crippen LogP contribution in [-0.2, 0) is 0 Å². The first kappa shape index (κ1) is 16.2. The fraction of sp³-hybridized carbons (Fsp3) is 0.250. The molecule has 0 fully saturated rings. The monoisotopic (exact) mass is 310 g/mol. The standard InChI is InChI=1S/C16H17F3N2O/c1-21(2)9-10-22-12-5-3-11(4-6-12)20-14-8-7-13(17)15(18)16(14)19/h3-8,20H,9-10H2,1-2H3. The molecule has 0 aliphatic carbocycles. The summed E-state index contributed by atoms with van der Waals surface area (Å²) >= 11 is 0. The maximum Gasteiger partial charge on any atom is 0.196 e. The number of likely N-dealkylation sites (N-methyl/N-ethyl adjacent to an activating group) is 1. The molecule has 0 atom stereocenters. The summed E-state index contributed by atoms with van der Waals surface area (Å²) in [5.41, 5.74) is 0.421. The predicted octanol–water partition coefficient (Wildman–Crippen LogP) is 3.79. The Balaban J connectivity index is 2.01. The van der Waals surface area contributed by atoms with Gasteiger partial charge in [0.05, 0.1) is 5.69 Å². The summed E-state index contributed by atoms with van der Waals surface area (Å²) in [5.74, 6) is -3.27. The second kappa shape index (κ2) is 7.17. The molecule has 22 heavy (non-hydrogen) atoms. The van der Waals surface area contributed by atoms with Crippen LogP contribution in [0.15, 0.2) is 36.4 Å². The number of halogens is 3. The maximum atomic E-state index is 13.6. The molecule has 118 valence electrons. The van der Waals surface area contributed by atoms with E-state index in [0.717, 1.165) is 18.7 Å². The third-order valence-corrected chi connectivity index (χ3v) is 2.98. The number of hydrogen-bond donors (Lipinski definition) is 1. The van der Waals surface area contributed by atoms with E-state index in [1.165, 1.54) is 0 Å². The van der Waals surface area contributed by atoms with Crippen LogP contribution in [0.1, 0.15) is 0 Å². The van der Waals surface area contributed by atoms with E-state index < -0.39 is 17.5 Å². The van der Waals surface area contributed by atoms with Crippen LogP contribution in [0.3, 0.4) is 0 Å². The molecule has 0 spiro atoms. The van der Waals surface area contributed by atoms with Crippen molar-refractivity contribution in [1.29, 1.82) is 0 Å². The van der Waals surface area contributed by atoms with Gasteiger partial charge in [0, 0.05) is 12.2 Å². The van der Waals surface area contributed by atoms with Crippen molar-refractivity contribution >= 4 is 11.4 Å². The lowest BCUT2D eigenvalue weighted by atomic mass is 10.2. The molecule has 0 unspecified atom stereocenters. The molecule has 2 aromatic carbocycles. The largest absolute Gasteiger partial charge is 0.492 e. The van der Waals surface area contributed by atoms with E-state index in [2.05, 4.69) is 5.32 Å². The lowest BCUT2D eigenvalue weighted by molar-refractivity contribution is 0.261. The Labute approximate surface area is 127 Å². The smallest absolute Gasteiger partial charge is 0.196 e. The van der Waals surface area contributed by atoms with Crippen molar-refractivity contribution in [3.05, 3.63) is 53.8 Å². The van der Waals surface area contributed by atoms with Gasteiger partial charge in [-0.3, -0.25) is 0 Å². The van der Waals surface area contributed by atoms with Gasteiger partial charge in [0.2, 0.25) is 0 Å². The van der Waals surface area contributed by atoms with E-state index >= 15 is 0 Å². The fourth-order valence-corrected chi connectivity index (χ4v) is 1.76. The van der Waals surface area contributed by atoms with E-state index in [9.17, 15) is 13.2 Å². The lowest BCUT2D eigenvalue weighted by Gasteiger charge is -2.12. The molecule has 0 aliphatic heterocycles. The molecule has 2 rings (SSSR count). The quantitative estimate of drug-likeness (QED) is 0.822. The van der Waals surface area contributed by atoms with Crippen molar-refractivity contribution in [3.8, 4) is 5.75 Å². The van der Waals surface area contributed by atoms with E-state index in [4.69, 9.17) is 4.74 Å². The Morgan fingerprint density at radius 3 is 2.27 bits per heavy atom. The van der Waals surface area contributed by atoms with Gasteiger partial charge in [0.25, 0.3) is 0 Å². The van der Waals surface area contributed by atoms with Crippen molar-refractivity contribution in [2.75, 3.05) is 32.6 Å². The molecule has 0 aromatic heterocycles. The van der Waals surface area contributed by atoms with Crippen LogP contribution in [-0.4, -0.2) is 32.1 Å². The third kappa shape index (κ3) is 4.14. The van der Waals surface area contributed by atoms with Crippen molar-refractivity contribution in [1.82, 2.24) is 4.90 Å². The van der Waals surface area contributed by atoms with Crippen LogP contribution in [0.5, 0.6) is 5.75 Å². The van der Waals surface area contributed by atoms with Crippen LogP contribution >= 0.6 is 0 Å². The van der Waals surface area contributed by atoms with Crippen molar-refractivity contribution in [2.45, 2.75) is 0 Å². The normalized spacial score (nSPS) is 10.8.